The fourth-order valence-electron chi connectivity index (χ4n) is 5.22. The maximum absolute atomic E-state index is 9.70. The Morgan fingerprint density at radius 2 is 2.00 bits per heavy atom. The molecule has 1 aliphatic heterocycles. The second kappa shape index (κ2) is 8.31. The van der Waals surface area contributed by atoms with Crippen LogP contribution in [0.4, 0.5) is 0 Å². The number of benzene rings is 1. The monoisotopic (exact) mass is 493 g/mol. The molecule has 1 N–H and O–H groups in total. The van der Waals surface area contributed by atoms with Gasteiger partial charge in [-0.15, -0.1) is 21.5 Å². The Morgan fingerprint density at radius 3 is 2.65 bits per heavy atom. The van der Waals surface area contributed by atoms with Crippen molar-refractivity contribution in [1.29, 1.82) is 0 Å². The molecule has 0 unspecified atom stereocenters. The molecule has 0 radical (unpaired) electrons. The smallest absolute Gasteiger partial charge is 0.207 e. The van der Waals surface area contributed by atoms with Crippen LogP contribution in [0.15, 0.2) is 29.3 Å². The number of nitrogens with one attached hydrogen (secondary N) is 1. The lowest BCUT2D eigenvalue weighted by molar-refractivity contribution is -0.110. The van der Waals surface area contributed by atoms with E-state index in [0.29, 0.717) is 12.0 Å². The van der Waals surface area contributed by atoms with E-state index in [1.807, 2.05) is 30.4 Å². The lowest BCUT2D eigenvalue weighted by Gasteiger charge is -2.23. The maximum atomic E-state index is 9.70. The van der Waals surface area contributed by atoms with Gasteiger partial charge in [-0.1, -0.05) is 36.7 Å². The minimum absolute atomic E-state index is 0.244. The van der Waals surface area contributed by atoms with Crippen LogP contribution in [0.1, 0.15) is 72.2 Å². The predicted molar refractivity (Wildman–Crippen MR) is 135 cm³/mol. The van der Waals surface area contributed by atoms with Crippen molar-refractivity contribution in [2.45, 2.75) is 70.4 Å². The molecule has 2 fully saturated rings. The summed E-state index contributed by atoms with van der Waals surface area (Å²) in [6.07, 6.45) is 8.71. The van der Waals surface area contributed by atoms with Crippen LogP contribution < -0.4 is 5.32 Å². The van der Waals surface area contributed by atoms with E-state index < -0.39 is 0 Å². The van der Waals surface area contributed by atoms with Gasteiger partial charge in [-0.05, 0) is 69.4 Å². The van der Waals surface area contributed by atoms with E-state index in [9.17, 15) is 4.79 Å². The molecule has 7 rings (SSSR count). The minimum atomic E-state index is -0.244. The summed E-state index contributed by atoms with van der Waals surface area (Å²) in [7, 11) is 0. The van der Waals surface area contributed by atoms with E-state index in [1.54, 1.807) is 0 Å². The first kappa shape index (κ1) is 22.0. The number of halogens is 1. The van der Waals surface area contributed by atoms with Crippen LogP contribution in [-0.2, 0) is 23.2 Å². The number of aromatic nitrogens is 3. The van der Waals surface area contributed by atoms with E-state index in [4.69, 9.17) is 16.6 Å². The normalized spacial score (nSPS) is 21.3. The highest BCUT2D eigenvalue weighted by Crippen LogP contribution is 2.54. The average Bonchev–Trinajstić information content (AvgIpc) is 3.19. The van der Waals surface area contributed by atoms with Crippen LogP contribution in [0.2, 0.25) is 5.02 Å². The molecule has 6 nitrogen and oxygen atoms in total. The summed E-state index contributed by atoms with van der Waals surface area (Å²) >= 11 is 8.54. The van der Waals surface area contributed by atoms with Gasteiger partial charge in [0.2, 0.25) is 6.41 Å². The number of aliphatic imine (C=N–C) groups is 1. The Morgan fingerprint density at radius 1 is 1.21 bits per heavy atom. The zero-order valence-corrected chi connectivity index (χ0v) is 21.0. The van der Waals surface area contributed by atoms with Crippen molar-refractivity contribution in [1.82, 2.24) is 20.1 Å². The van der Waals surface area contributed by atoms with Gasteiger partial charge >= 0.3 is 0 Å². The van der Waals surface area contributed by atoms with Gasteiger partial charge in [-0.2, -0.15) is 0 Å². The van der Waals surface area contributed by atoms with E-state index in [2.05, 4.69) is 39.1 Å². The Balaban J connectivity index is 0.000000269. The number of aryl methyl sites for hydroxylation is 1. The summed E-state index contributed by atoms with van der Waals surface area (Å²) in [6, 6.07) is 8.61. The molecule has 3 aliphatic carbocycles. The molecule has 0 bridgehead atoms. The van der Waals surface area contributed by atoms with Gasteiger partial charge in [0.25, 0.3) is 0 Å². The number of thiophene rings is 1. The first-order chi connectivity index (χ1) is 16.5. The highest BCUT2D eigenvalue weighted by molar-refractivity contribution is 7.15. The Labute approximate surface area is 208 Å². The third-order valence-corrected chi connectivity index (χ3v) is 9.00. The van der Waals surface area contributed by atoms with Crippen molar-refractivity contribution < 1.29 is 4.79 Å². The van der Waals surface area contributed by atoms with Gasteiger partial charge < -0.3 is 5.32 Å². The lowest BCUT2D eigenvalue weighted by Crippen LogP contribution is -2.33. The van der Waals surface area contributed by atoms with E-state index in [-0.39, 0.29) is 5.54 Å². The summed E-state index contributed by atoms with van der Waals surface area (Å²) in [6.45, 7) is 4.38. The quantitative estimate of drug-likeness (QED) is 0.513. The third-order valence-electron chi connectivity index (χ3n) is 7.43. The zero-order valence-electron chi connectivity index (χ0n) is 19.5. The molecule has 1 spiro atoms. The number of carbonyl (C=O) groups excluding carboxylic acids is 1. The van der Waals surface area contributed by atoms with E-state index >= 15 is 0 Å². The Hall–Kier alpha value is -2.51. The van der Waals surface area contributed by atoms with Gasteiger partial charge in [0.15, 0.2) is 5.82 Å². The molecule has 1 amide bonds. The van der Waals surface area contributed by atoms with Crippen molar-refractivity contribution >= 4 is 35.1 Å². The summed E-state index contributed by atoms with van der Waals surface area (Å²) in [5, 5.41) is 13.7. The summed E-state index contributed by atoms with van der Waals surface area (Å²) < 4.78 is 2.27. The first-order valence-electron chi connectivity index (χ1n) is 12.1. The van der Waals surface area contributed by atoms with Crippen molar-refractivity contribution in [3.63, 3.8) is 0 Å². The number of fused-ring (bicyclic) bond motifs is 6. The largest absolute Gasteiger partial charge is 0.356 e. The highest BCUT2D eigenvalue weighted by Gasteiger charge is 2.52. The molecular formula is C26H28ClN5OS. The SMILES string of the molecule is Cc1nnc2n1-c1sc3c(c1C(c1ccccc1Cl)=NC21CC1)C[C@H](C)C3.O=CNC1CCC1. The topological polar surface area (TPSA) is 72.2 Å². The molecule has 1 aromatic carbocycles. The molecule has 0 saturated heterocycles. The molecule has 4 aliphatic rings. The standard InChI is InChI=1S/C21H19ClN4S.C5H9NO/c1-11-9-14-16(10-11)27-19-17(14)18(13-5-3-4-6-15(13)22)23-21(7-8-21)20-25-24-12(2)26(19)20;7-4-6-5-2-1-3-5/h3-6,11H,7-10H2,1-2H3;4-5H,1-3H2,(H,6,7)/t11-;/m0./s1. The summed E-state index contributed by atoms with van der Waals surface area (Å²) in [5.41, 5.74) is 4.55. The fourth-order valence-corrected chi connectivity index (χ4v) is 6.98. The van der Waals surface area contributed by atoms with E-state index in [1.165, 1.54) is 40.3 Å². The molecule has 3 aromatic rings. The number of amides is 1. The summed E-state index contributed by atoms with van der Waals surface area (Å²) in [4.78, 5) is 16.5. The highest BCUT2D eigenvalue weighted by atomic mass is 35.5. The fraction of sp³-hybridized carbons (Fsp3) is 0.462. The Bertz CT molecular complexity index is 1300. The van der Waals surface area contributed by atoms with Gasteiger partial charge in [0.1, 0.15) is 16.4 Å². The zero-order chi connectivity index (χ0) is 23.4. The van der Waals surface area contributed by atoms with Gasteiger partial charge in [-0.3, -0.25) is 14.4 Å². The van der Waals surface area contributed by atoms with Crippen LogP contribution in [0.5, 0.6) is 0 Å². The molecule has 1 atom stereocenters. The van der Waals surface area contributed by atoms with Crippen molar-refractivity contribution in [2.24, 2.45) is 10.9 Å². The third kappa shape index (κ3) is 3.52. The van der Waals surface area contributed by atoms with Crippen molar-refractivity contribution in [3.8, 4) is 5.00 Å². The second-order valence-corrected chi connectivity index (χ2v) is 11.5. The van der Waals surface area contributed by atoms with Gasteiger partial charge in [0.05, 0.1) is 5.71 Å². The van der Waals surface area contributed by atoms with Crippen LogP contribution in [0, 0.1) is 12.8 Å². The maximum Gasteiger partial charge on any atom is 0.207 e. The molecule has 176 valence electrons. The van der Waals surface area contributed by atoms with E-state index in [0.717, 1.165) is 60.0 Å². The second-order valence-electron chi connectivity index (χ2n) is 9.99. The van der Waals surface area contributed by atoms with Crippen LogP contribution >= 0.6 is 22.9 Å². The lowest BCUT2D eigenvalue weighted by atomic mass is 9.94. The molecule has 8 heteroatoms. The van der Waals surface area contributed by atoms with Crippen LogP contribution in [0.3, 0.4) is 0 Å². The number of hydrogen-bond donors (Lipinski definition) is 1. The Kier molecular flexibility index (Phi) is 5.37. The molecule has 2 aromatic heterocycles. The molecule has 34 heavy (non-hydrogen) atoms. The van der Waals surface area contributed by atoms with Crippen molar-refractivity contribution in [2.75, 3.05) is 0 Å². The number of hydrogen-bond acceptors (Lipinski definition) is 5. The van der Waals surface area contributed by atoms with Gasteiger partial charge in [0, 0.05) is 27.1 Å². The number of rotatable bonds is 3. The molecular weight excluding hydrogens is 466 g/mol. The molecule has 2 saturated carbocycles. The number of carbonyl (C=O) groups is 1. The van der Waals surface area contributed by atoms with Crippen LogP contribution in [-0.4, -0.2) is 32.9 Å². The molecule has 3 heterocycles. The average molecular weight is 494 g/mol. The minimum Gasteiger partial charge on any atom is -0.356 e. The van der Waals surface area contributed by atoms with Gasteiger partial charge in [-0.25, -0.2) is 0 Å². The predicted octanol–water partition coefficient (Wildman–Crippen LogP) is 5.15. The van der Waals surface area contributed by atoms with Crippen LogP contribution in [0.25, 0.3) is 5.00 Å². The summed E-state index contributed by atoms with van der Waals surface area (Å²) in [5.74, 6) is 2.63. The van der Waals surface area contributed by atoms with Crippen molar-refractivity contribution in [3.05, 3.63) is 62.5 Å². The first-order valence-corrected chi connectivity index (χ1v) is 13.3. The number of nitrogens with zero attached hydrogens (tertiary/aromatic N) is 4.